The maximum absolute atomic E-state index is 2.38. The van der Waals surface area contributed by atoms with Gasteiger partial charge in [0, 0.05) is 0 Å². The SMILES string of the molecule is C[C]1[As]=CC(C)=C1C. The van der Waals surface area contributed by atoms with Crippen LogP contribution < -0.4 is 0 Å². The molecule has 1 heterocycles. The molecule has 0 fully saturated rings. The molecule has 1 rings (SSSR count). The Labute approximate surface area is 57.2 Å². The van der Waals surface area contributed by atoms with Crippen molar-refractivity contribution in [1.29, 1.82) is 0 Å². The zero-order valence-electron chi connectivity index (χ0n) is 5.52. The molecule has 1 aliphatic rings. The van der Waals surface area contributed by atoms with Crippen LogP contribution in [0, 0.1) is 4.71 Å². The summed E-state index contributed by atoms with van der Waals surface area (Å²) in [6, 6.07) is 0. The first-order valence-corrected chi connectivity index (χ1v) is 4.79. The monoisotopic (exact) mass is 169 g/mol. The van der Waals surface area contributed by atoms with Crippen molar-refractivity contribution in [3.63, 3.8) is 0 Å². The van der Waals surface area contributed by atoms with Crippen LogP contribution in [0.15, 0.2) is 11.1 Å². The quantitative estimate of drug-likeness (QED) is 0.481. The van der Waals surface area contributed by atoms with Crippen molar-refractivity contribution in [1.82, 2.24) is 0 Å². The molecule has 0 aromatic heterocycles. The molecule has 0 atom stereocenters. The first kappa shape index (κ1) is 6.29. The van der Waals surface area contributed by atoms with E-state index in [9.17, 15) is 0 Å². The van der Waals surface area contributed by atoms with Gasteiger partial charge in [0.25, 0.3) is 0 Å². The third-order valence-electron chi connectivity index (χ3n) is 1.59. The summed E-state index contributed by atoms with van der Waals surface area (Å²) in [5.74, 6) is 0. The van der Waals surface area contributed by atoms with Gasteiger partial charge in [-0.2, -0.15) is 0 Å². The third kappa shape index (κ3) is 0.950. The Morgan fingerprint density at radius 1 is 1.25 bits per heavy atom. The Morgan fingerprint density at radius 3 is 2.00 bits per heavy atom. The molecule has 0 saturated carbocycles. The predicted octanol–water partition coefficient (Wildman–Crippen LogP) is 1.39. The van der Waals surface area contributed by atoms with Gasteiger partial charge in [-0.3, -0.25) is 0 Å². The molecule has 43 valence electrons. The van der Waals surface area contributed by atoms with E-state index in [2.05, 4.69) is 25.6 Å². The second-order valence-electron chi connectivity index (χ2n) is 2.15. The normalized spacial score (nSPS) is 22.9. The van der Waals surface area contributed by atoms with Gasteiger partial charge in [0.2, 0.25) is 0 Å². The fourth-order valence-electron chi connectivity index (χ4n) is 0.673. The fraction of sp³-hybridized carbons (Fsp3) is 0.429. The van der Waals surface area contributed by atoms with E-state index < -0.39 is 0 Å². The number of hydrogen-bond acceptors (Lipinski definition) is 0. The van der Waals surface area contributed by atoms with Gasteiger partial charge in [-0.1, -0.05) is 0 Å². The summed E-state index contributed by atoms with van der Waals surface area (Å²) in [6.45, 7) is 6.65. The first-order valence-electron chi connectivity index (χ1n) is 2.77. The Hall–Kier alpha value is 0.168. The molecular weight excluding hydrogens is 159 g/mol. The van der Waals surface area contributed by atoms with Crippen molar-refractivity contribution >= 4 is 20.1 Å². The summed E-state index contributed by atoms with van der Waals surface area (Å²) in [5.41, 5.74) is 3.03. The standard InChI is InChI=1S/C7H10As/c1-5-4-8-7(3)6(5)2/h4H,1-3H3. The van der Waals surface area contributed by atoms with Crippen LogP contribution >= 0.6 is 0 Å². The van der Waals surface area contributed by atoms with E-state index in [4.69, 9.17) is 0 Å². The van der Waals surface area contributed by atoms with E-state index >= 15 is 0 Å². The van der Waals surface area contributed by atoms with E-state index in [0.29, 0.717) is 15.3 Å². The summed E-state index contributed by atoms with van der Waals surface area (Å²) in [5, 5.41) is 0. The molecule has 1 aliphatic heterocycles. The van der Waals surface area contributed by atoms with Gasteiger partial charge in [0.05, 0.1) is 0 Å². The van der Waals surface area contributed by atoms with Crippen molar-refractivity contribution < 1.29 is 0 Å². The zero-order chi connectivity index (χ0) is 6.15. The summed E-state index contributed by atoms with van der Waals surface area (Å²) in [7, 11) is 0. The molecular formula is C7H10As. The van der Waals surface area contributed by atoms with Crippen LogP contribution in [0.2, 0.25) is 0 Å². The van der Waals surface area contributed by atoms with Crippen LogP contribution in [0.5, 0.6) is 0 Å². The third-order valence-corrected chi connectivity index (χ3v) is 4.19. The molecule has 0 spiro atoms. The molecule has 0 aromatic carbocycles. The van der Waals surface area contributed by atoms with Gasteiger partial charge in [0.15, 0.2) is 0 Å². The van der Waals surface area contributed by atoms with E-state index in [1.54, 1.807) is 4.71 Å². The molecule has 8 heavy (non-hydrogen) atoms. The first-order chi connectivity index (χ1) is 3.72. The van der Waals surface area contributed by atoms with Crippen LogP contribution in [0.4, 0.5) is 0 Å². The van der Waals surface area contributed by atoms with Crippen LogP contribution in [0.25, 0.3) is 0 Å². The summed E-state index contributed by atoms with van der Waals surface area (Å²) >= 11 is 0.444. The van der Waals surface area contributed by atoms with Crippen LogP contribution in [0.3, 0.4) is 0 Å². The second kappa shape index (κ2) is 2.19. The zero-order valence-corrected chi connectivity index (χ0v) is 7.40. The molecule has 0 bridgehead atoms. The number of rotatable bonds is 0. The molecule has 0 aliphatic carbocycles. The molecule has 1 radical (unpaired) electrons. The molecule has 0 nitrogen and oxygen atoms in total. The van der Waals surface area contributed by atoms with E-state index in [1.165, 1.54) is 11.1 Å². The Bertz CT molecular complexity index is 154. The van der Waals surface area contributed by atoms with Crippen LogP contribution in [0.1, 0.15) is 20.8 Å². The number of hydrogen-bond donors (Lipinski definition) is 0. The Kier molecular flexibility index (Phi) is 1.72. The van der Waals surface area contributed by atoms with Gasteiger partial charge in [-0.15, -0.1) is 0 Å². The van der Waals surface area contributed by atoms with E-state index in [1.807, 2.05) is 0 Å². The summed E-state index contributed by atoms with van der Waals surface area (Å²) in [6.07, 6.45) is 0. The average molecular weight is 169 g/mol. The minimum atomic E-state index is 0.444. The number of allylic oxidation sites excluding steroid dienone is 2. The van der Waals surface area contributed by atoms with Gasteiger partial charge in [-0.05, 0) is 0 Å². The fourth-order valence-corrected chi connectivity index (χ4v) is 2.67. The molecule has 1 heteroatoms. The maximum atomic E-state index is 2.38. The van der Waals surface area contributed by atoms with E-state index in [-0.39, 0.29) is 0 Å². The minimum absolute atomic E-state index is 0.444. The Morgan fingerprint density at radius 2 is 1.88 bits per heavy atom. The Balaban J connectivity index is 2.85. The predicted molar refractivity (Wildman–Crippen MR) is 39.1 cm³/mol. The average Bonchev–Trinajstić information content (AvgIpc) is 1.98. The van der Waals surface area contributed by atoms with Gasteiger partial charge in [0.1, 0.15) is 0 Å². The van der Waals surface area contributed by atoms with Crippen molar-refractivity contribution in [2.75, 3.05) is 0 Å². The van der Waals surface area contributed by atoms with Crippen LogP contribution in [-0.4, -0.2) is 20.1 Å². The van der Waals surface area contributed by atoms with Crippen molar-refractivity contribution in [2.24, 2.45) is 0 Å². The molecule has 0 aromatic rings. The molecule has 0 N–H and O–H groups in total. The van der Waals surface area contributed by atoms with E-state index in [0.717, 1.165) is 0 Å². The topological polar surface area (TPSA) is 0 Å². The van der Waals surface area contributed by atoms with Gasteiger partial charge >= 0.3 is 56.7 Å². The molecule has 0 saturated heterocycles. The van der Waals surface area contributed by atoms with Crippen molar-refractivity contribution in [2.45, 2.75) is 20.8 Å². The van der Waals surface area contributed by atoms with Crippen molar-refractivity contribution in [3.8, 4) is 0 Å². The van der Waals surface area contributed by atoms with Gasteiger partial charge < -0.3 is 0 Å². The van der Waals surface area contributed by atoms with Crippen molar-refractivity contribution in [3.05, 3.63) is 15.9 Å². The summed E-state index contributed by atoms with van der Waals surface area (Å²) < 4.78 is 1.62. The summed E-state index contributed by atoms with van der Waals surface area (Å²) in [4.78, 5) is 2.38. The second-order valence-corrected chi connectivity index (χ2v) is 4.64. The molecule has 0 unspecified atom stereocenters. The van der Waals surface area contributed by atoms with Gasteiger partial charge in [-0.25, -0.2) is 0 Å². The van der Waals surface area contributed by atoms with Crippen LogP contribution in [-0.2, 0) is 0 Å². The molecule has 0 amide bonds.